The Morgan fingerprint density at radius 1 is 1.24 bits per heavy atom. The van der Waals surface area contributed by atoms with Crippen LogP contribution in [-0.4, -0.2) is 28.7 Å². The highest BCUT2D eigenvalue weighted by Crippen LogP contribution is 2.22. The summed E-state index contributed by atoms with van der Waals surface area (Å²) in [5.74, 6) is 0.286. The molecule has 0 aliphatic carbocycles. The molecule has 3 rings (SSSR count). The van der Waals surface area contributed by atoms with Crippen molar-refractivity contribution in [1.82, 2.24) is 9.78 Å². The molecule has 0 saturated heterocycles. The highest BCUT2D eigenvalue weighted by molar-refractivity contribution is 9.10. The van der Waals surface area contributed by atoms with Gasteiger partial charge in [0.1, 0.15) is 11.5 Å². The minimum absolute atomic E-state index is 0.0546. The lowest BCUT2D eigenvalue weighted by atomic mass is 10.2. The first-order chi connectivity index (χ1) is 14.0. The summed E-state index contributed by atoms with van der Waals surface area (Å²) in [7, 11) is 1.48. The summed E-state index contributed by atoms with van der Waals surface area (Å²) in [6.45, 7) is 0.125. The van der Waals surface area contributed by atoms with Gasteiger partial charge in [-0.05, 0) is 48.5 Å². The number of hydrogen-bond donors (Lipinski definition) is 1. The standard InChI is InChI=1S/C19H16BrClN4O4/c1-27-17-7-4-13(21)10-15(17)18(22)24-29-19(26)16-8-9-25(23-16)11-28-14-5-2-12(20)3-6-14/h2-10H,11H2,1H3,(H2,22,24). The van der Waals surface area contributed by atoms with Gasteiger partial charge in [-0.25, -0.2) is 9.48 Å². The third-order valence-corrected chi connectivity index (χ3v) is 4.46. The van der Waals surface area contributed by atoms with Crippen molar-refractivity contribution in [3.63, 3.8) is 0 Å². The van der Waals surface area contributed by atoms with Crippen LogP contribution >= 0.6 is 27.5 Å². The van der Waals surface area contributed by atoms with Crippen LogP contribution < -0.4 is 15.2 Å². The second-order valence-corrected chi connectivity index (χ2v) is 7.02. The van der Waals surface area contributed by atoms with E-state index in [1.165, 1.54) is 17.9 Å². The summed E-state index contributed by atoms with van der Waals surface area (Å²) in [6, 6.07) is 13.7. The molecule has 0 aliphatic rings. The van der Waals surface area contributed by atoms with Gasteiger partial charge < -0.3 is 20.0 Å². The van der Waals surface area contributed by atoms with Crippen LogP contribution in [0.15, 0.2) is 64.4 Å². The van der Waals surface area contributed by atoms with Crippen LogP contribution in [0.2, 0.25) is 5.02 Å². The van der Waals surface area contributed by atoms with E-state index in [1.54, 1.807) is 24.4 Å². The van der Waals surface area contributed by atoms with Crippen LogP contribution in [0.1, 0.15) is 16.1 Å². The minimum Gasteiger partial charge on any atom is -0.496 e. The zero-order valence-electron chi connectivity index (χ0n) is 15.2. The monoisotopic (exact) mass is 478 g/mol. The van der Waals surface area contributed by atoms with Crippen LogP contribution in [-0.2, 0) is 11.6 Å². The molecule has 8 nitrogen and oxygen atoms in total. The summed E-state index contributed by atoms with van der Waals surface area (Å²) >= 11 is 9.31. The Bertz CT molecular complexity index is 1040. The topological polar surface area (TPSA) is 101 Å². The first kappa shape index (κ1) is 20.7. The lowest BCUT2D eigenvalue weighted by molar-refractivity contribution is 0.0507. The lowest BCUT2D eigenvalue weighted by Crippen LogP contribution is -2.16. The average Bonchev–Trinajstić information content (AvgIpc) is 3.20. The molecule has 0 radical (unpaired) electrons. The average molecular weight is 480 g/mol. The number of amidine groups is 1. The van der Waals surface area contributed by atoms with Gasteiger partial charge in [0.15, 0.2) is 18.3 Å². The predicted octanol–water partition coefficient (Wildman–Crippen LogP) is 3.82. The Labute approximate surface area is 179 Å². The molecular weight excluding hydrogens is 464 g/mol. The van der Waals surface area contributed by atoms with Gasteiger partial charge in [-0.2, -0.15) is 5.10 Å². The molecule has 10 heteroatoms. The quantitative estimate of drug-likeness (QED) is 0.239. The Morgan fingerprint density at radius 2 is 2.00 bits per heavy atom. The van der Waals surface area contributed by atoms with Crippen LogP contribution in [0.3, 0.4) is 0 Å². The number of aromatic nitrogens is 2. The summed E-state index contributed by atoms with van der Waals surface area (Å²) in [5, 5.41) is 8.19. The molecule has 0 bridgehead atoms. The van der Waals surface area contributed by atoms with Gasteiger partial charge in [-0.15, -0.1) is 0 Å². The zero-order valence-corrected chi connectivity index (χ0v) is 17.6. The third kappa shape index (κ3) is 5.49. The minimum atomic E-state index is -0.767. The molecule has 0 atom stereocenters. The molecule has 1 aromatic heterocycles. The van der Waals surface area contributed by atoms with Crippen LogP contribution in [0.4, 0.5) is 0 Å². The molecule has 150 valence electrons. The van der Waals surface area contributed by atoms with Crippen molar-refractivity contribution >= 4 is 39.3 Å². The number of methoxy groups -OCH3 is 1. The Hall–Kier alpha value is -3.04. The molecule has 0 fully saturated rings. The van der Waals surface area contributed by atoms with E-state index in [0.717, 1.165) is 4.47 Å². The van der Waals surface area contributed by atoms with E-state index < -0.39 is 5.97 Å². The molecule has 3 aromatic rings. The number of rotatable bonds is 7. The predicted molar refractivity (Wildman–Crippen MR) is 111 cm³/mol. The van der Waals surface area contributed by atoms with E-state index >= 15 is 0 Å². The number of carbonyl (C=O) groups excluding carboxylic acids is 1. The fraction of sp³-hybridized carbons (Fsp3) is 0.105. The third-order valence-electron chi connectivity index (χ3n) is 3.69. The maximum absolute atomic E-state index is 12.2. The number of nitrogens with two attached hydrogens (primary N) is 1. The van der Waals surface area contributed by atoms with Gasteiger partial charge in [0.2, 0.25) is 0 Å². The van der Waals surface area contributed by atoms with Gasteiger partial charge in [0.25, 0.3) is 0 Å². The summed E-state index contributed by atoms with van der Waals surface area (Å²) in [6.07, 6.45) is 1.59. The van der Waals surface area contributed by atoms with E-state index in [1.807, 2.05) is 24.3 Å². The van der Waals surface area contributed by atoms with E-state index in [0.29, 0.717) is 22.1 Å². The Balaban J connectivity index is 1.62. The number of carbonyl (C=O) groups is 1. The lowest BCUT2D eigenvalue weighted by Gasteiger charge is -2.07. The van der Waals surface area contributed by atoms with Crippen molar-refractivity contribution in [2.24, 2.45) is 10.9 Å². The molecule has 0 spiro atoms. The van der Waals surface area contributed by atoms with Crippen molar-refractivity contribution in [2.45, 2.75) is 6.73 Å². The number of hydrogen-bond acceptors (Lipinski definition) is 6. The zero-order chi connectivity index (χ0) is 20.8. The highest BCUT2D eigenvalue weighted by Gasteiger charge is 2.14. The number of halogens is 2. The summed E-state index contributed by atoms with van der Waals surface area (Å²) in [4.78, 5) is 17.0. The normalized spacial score (nSPS) is 11.2. The summed E-state index contributed by atoms with van der Waals surface area (Å²) in [5.41, 5.74) is 6.34. The number of benzene rings is 2. The second kappa shape index (κ2) is 9.44. The fourth-order valence-electron chi connectivity index (χ4n) is 2.28. The first-order valence-corrected chi connectivity index (χ1v) is 9.44. The van der Waals surface area contributed by atoms with E-state index in [9.17, 15) is 4.79 Å². The molecular formula is C19H16BrClN4O4. The molecule has 0 aliphatic heterocycles. The van der Waals surface area contributed by atoms with Crippen LogP contribution in [0.25, 0.3) is 0 Å². The Morgan fingerprint density at radius 3 is 2.72 bits per heavy atom. The van der Waals surface area contributed by atoms with Crippen molar-refractivity contribution < 1.29 is 19.1 Å². The van der Waals surface area contributed by atoms with Crippen molar-refractivity contribution in [1.29, 1.82) is 0 Å². The number of ether oxygens (including phenoxy) is 2. The SMILES string of the molecule is COc1ccc(Cl)cc1/C(N)=N/OC(=O)c1ccn(COc2ccc(Br)cc2)n1. The smallest absolute Gasteiger partial charge is 0.385 e. The van der Waals surface area contributed by atoms with Crippen LogP contribution in [0.5, 0.6) is 11.5 Å². The molecule has 2 N–H and O–H groups in total. The first-order valence-electron chi connectivity index (χ1n) is 8.27. The van der Waals surface area contributed by atoms with Crippen LogP contribution in [0, 0.1) is 0 Å². The van der Waals surface area contributed by atoms with E-state index in [-0.39, 0.29) is 18.3 Å². The molecule has 29 heavy (non-hydrogen) atoms. The molecule has 0 amide bonds. The van der Waals surface area contributed by atoms with Gasteiger partial charge in [-0.3, -0.25) is 0 Å². The number of nitrogens with zero attached hydrogens (tertiary/aromatic N) is 3. The fourth-order valence-corrected chi connectivity index (χ4v) is 2.72. The van der Waals surface area contributed by atoms with Gasteiger partial charge in [-0.1, -0.05) is 32.7 Å². The highest BCUT2D eigenvalue weighted by atomic mass is 79.9. The summed E-state index contributed by atoms with van der Waals surface area (Å²) < 4.78 is 13.2. The van der Waals surface area contributed by atoms with Crippen molar-refractivity contribution in [3.05, 3.63) is 75.5 Å². The molecule has 1 heterocycles. The van der Waals surface area contributed by atoms with Crippen molar-refractivity contribution in [3.8, 4) is 11.5 Å². The number of oxime groups is 1. The molecule has 0 saturated carbocycles. The van der Waals surface area contributed by atoms with Gasteiger partial charge in [0, 0.05) is 15.7 Å². The van der Waals surface area contributed by atoms with Gasteiger partial charge >= 0.3 is 5.97 Å². The largest absolute Gasteiger partial charge is 0.496 e. The second-order valence-electron chi connectivity index (χ2n) is 5.67. The maximum atomic E-state index is 12.2. The van der Waals surface area contributed by atoms with Crippen molar-refractivity contribution in [2.75, 3.05) is 7.11 Å². The van der Waals surface area contributed by atoms with Gasteiger partial charge in [0.05, 0.1) is 12.7 Å². The maximum Gasteiger partial charge on any atom is 0.385 e. The Kier molecular flexibility index (Phi) is 6.73. The van der Waals surface area contributed by atoms with E-state index in [2.05, 4.69) is 26.2 Å². The molecule has 0 unspecified atom stereocenters. The van der Waals surface area contributed by atoms with E-state index in [4.69, 9.17) is 31.6 Å². The molecule has 2 aromatic carbocycles.